The van der Waals surface area contributed by atoms with Crippen LogP contribution in [0.2, 0.25) is 0 Å². The van der Waals surface area contributed by atoms with Gasteiger partial charge in [0, 0.05) is 11.4 Å². The number of carboxylic acids is 1. The van der Waals surface area contributed by atoms with E-state index in [1.807, 2.05) is 31.2 Å². The minimum absolute atomic E-state index is 0.135. The first kappa shape index (κ1) is 17.2. The summed E-state index contributed by atoms with van der Waals surface area (Å²) in [6, 6.07) is 8.61. The number of pyridine rings is 1. The number of amides is 1. The van der Waals surface area contributed by atoms with E-state index < -0.39 is 12.0 Å². The number of hydrogen-bond acceptors (Lipinski definition) is 4. The average molecular weight is 341 g/mol. The number of fused-ring (bicyclic) bond motifs is 1. The number of aromatic nitrogens is 1. The molecule has 0 spiro atoms. The van der Waals surface area contributed by atoms with Crippen molar-refractivity contribution in [2.75, 3.05) is 5.32 Å². The smallest absolute Gasteiger partial charge is 0.326 e. The molecule has 0 radical (unpaired) electrons. The monoisotopic (exact) mass is 341 g/mol. The molecule has 1 aromatic heterocycles. The summed E-state index contributed by atoms with van der Waals surface area (Å²) >= 11 is 0. The Kier molecular flexibility index (Phi) is 5.16. The molecule has 1 heterocycles. The highest BCUT2D eigenvalue weighted by Gasteiger charge is 2.25. The summed E-state index contributed by atoms with van der Waals surface area (Å²) in [4.78, 5) is 28.5. The highest BCUT2D eigenvalue weighted by Crippen LogP contribution is 2.24. The first-order chi connectivity index (χ1) is 12.1. The van der Waals surface area contributed by atoms with E-state index in [1.165, 1.54) is 0 Å². The van der Waals surface area contributed by atoms with Gasteiger partial charge in [-0.05, 0) is 31.4 Å². The predicted octanol–water partition coefficient (Wildman–Crippen LogP) is 3.18. The lowest BCUT2D eigenvalue weighted by atomic mass is 10.1. The molecule has 132 valence electrons. The number of carbonyl (C=O) groups excluding carboxylic acids is 1. The van der Waals surface area contributed by atoms with Crippen molar-refractivity contribution in [2.45, 2.75) is 51.1 Å². The zero-order valence-corrected chi connectivity index (χ0v) is 14.3. The molecule has 2 aromatic rings. The molecule has 3 rings (SSSR count). The third-order valence-corrected chi connectivity index (χ3v) is 4.34. The van der Waals surface area contributed by atoms with Crippen molar-refractivity contribution in [2.24, 2.45) is 0 Å². The van der Waals surface area contributed by atoms with Crippen LogP contribution in [0.15, 0.2) is 30.3 Å². The van der Waals surface area contributed by atoms with Gasteiger partial charge in [-0.15, -0.1) is 0 Å². The fourth-order valence-electron chi connectivity index (χ4n) is 2.77. The fourth-order valence-corrected chi connectivity index (χ4v) is 2.77. The number of anilines is 1. The van der Waals surface area contributed by atoms with Crippen molar-refractivity contribution in [3.8, 4) is 0 Å². The molecule has 3 N–H and O–H groups in total. The van der Waals surface area contributed by atoms with Gasteiger partial charge in [0.2, 0.25) is 0 Å². The maximum Gasteiger partial charge on any atom is 0.326 e. The highest BCUT2D eigenvalue weighted by atomic mass is 16.4. The molecular formula is C19H23N3O3. The number of para-hydroxylation sites is 1. The van der Waals surface area contributed by atoms with Crippen molar-refractivity contribution in [3.63, 3.8) is 0 Å². The van der Waals surface area contributed by atoms with Crippen molar-refractivity contribution in [1.82, 2.24) is 10.3 Å². The van der Waals surface area contributed by atoms with E-state index in [1.54, 1.807) is 6.07 Å². The van der Waals surface area contributed by atoms with Gasteiger partial charge in [-0.2, -0.15) is 0 Å². The summed E-state index contributed by atoms with van der Waals surface area (Å²) < 4.78 is 0. The molecule has 1 aromatic carbocycles. The number of hydrogen-bond donors (Lipinski definition) is 3. The van der Waals surface area contributed by atoms with Crippen LogP contribution in [0.3, 0.4) is 0 Å². The van der Waals surface area contributed by atoms with Crippen LogP contribution in [-0.2, 0) is 4.79 Å². The number of carbonyl (C=O) groups is 2. The highest BCUT2D eigenvalue weighted by molar-refractivity contribution is 6.07. The standard InChI is InChI=1S/C19H23N3O3/c1-2-3-7-16(19(24)25)22-17-11-14(18(23)20-12-9-10-12)13-6-4-5-8-15(13)21-17/h4-6,8,11-12,16H,2-3,7,9-10H2,1H3,(H,20,23)(H,21,22)(H,24,25)/t16-/m0/s1. The Labute approximate surface area is 146 Å². The van der Waals surface area contributed by atoms with Crippen LogP contribution in [0.4, 0.5) is 5.82 Å². The summed E-state index contributed by atoms with van der Waals surface area (Å²) in [5.41, 5.74) is 1.20. The van der Waals surface area contributed by atoms with E-state index in [-0.39, 0.29) is 11.9 Å². The van der Waals surface area contributed by atoms with E-state index in [4.69, 9.17) is 0 Å². The zero-order chi connectivity index (χ0) is 17.8. The summed E-state index contributed by atoms with van der Waals surface area (Å²) in [6.45, 7) is 2.02. The lowest BCUT2D eigenvalue weighted by Crippen LogP contribution is -2.30. The van der Waals surface area contributed by atoms with E-state index >= 15 is 0 Å². The van der Waals surface area contributed by atoms with Crippen LogP contribution >= 0.6 is 0 Å². The quantitative estimate of drug-likeness (QED) is 0.686. The number of nitrogens with one attached hydrogen (secondary N) is 2. The number of aliphatic carboxylic acids is 1. The molecule has 6 nitrogen and oxygen atoms in total. The van der Waals surface area contributed by atoms with Gasteiger partial charge in [-0.3, -0.25) is 4.79 Å². The summed E-state index contributed by atoms with van der Waals surface area (Å²) in [6.07, 6.45) is 4.28. The zero-order valence-electron chi connectivity index (χ0n) is 14.3. The molecule has 1 saturated carbocycles. The van der Waals surface area contributed by atoms with E-state index in [0.29, 0.717) is 23.3 Å². The van der Waals surface area contributed by atoms with Crippen molar-refractivity contribution in [3.05, 3.63) is 35.9 Å². The lowest BCUT2D eigenvalue weighted by molar-refractivity contribution is -0.138. The maximum absolute atomic E-state index is 12.6. The van der Waals surface area contributed by atoms with Gasteiger partial charge >= 0.3 is 5.97 Å². The Hall–Kier alpha value is -2.63. The molecular weight excluding hydrogens is 318 g/mol. The van der Waals surface area contributed by atoms with Crippen LogP contribution < -0.4 is 10.6 Å². The molecule has 1 fully saturated rings. The first-order valence-electron chi connectivity index (χ1n) is 8.78. The van der Waals surface area contributed by atoms with Crippen LogP contribution in [0, 0.1) is 0 Å². The molecule has 1 aliphatic carbocycles. The lowest BCUT2D eigenvalue weighted by Gasteiger charge is -2.16. The van der Waals surface area contributed by atoms with Crippen LogP contribution in [0.5, 0.6) is 0 Å². The molecule has 1 atom stereocenters. The second kappa shape index (κ2) is 7.51. The average Bonchev–Trinajstić information content (AvgIpc) is 3.41. The van der Waals surface area contributed by atoms with E-state index in [9.17, 15) is 14.7 Å². The molecule has 1 amide bonds. The second-order valence-electron chi connectivity index (χ2n) is 6.50. The molecule has 25 heavy (non-hydrogen) atoms. The van der Waals surface area contributed by atoms with Gasteiger partial charge in [0.15, 0.2) is 0 Å². The van der Waals surface area contributed by atoms with Crippen molar-refractivity contribution in [1.29, 1.82) is 0 Å². The first-order valence-corrected chi connectivity index (χ1v) is 8.78. The fraction of sp³-hybridized carbons (Fsp3) is 0.421. The Morgan fingerprint density at radius 2 is 2.08 bits per heavy atom. The Morgan fingerprint density at radius 3 is 2.76 bits per heavy atom. The number of rotatable bonds is 8. The van der Waals surface area contributed by atoms with Gasteiger partial charge in [-0.25, -0.2) is 9.78 Å². The van der Waals surface area contributed by atoms with Gasteiger partial charge in [-0.1, -0.05) is 38.0 Å². The number of nitrogens with zero attached hydrogens (tertiary/aromatic N) is 1. The Bertz CT molecular complexity index is 787. The molecule has 0 bridgehead atoms. The van der Waals surface area contributed by atoms with Gasteiger partial charge in [0.05, 0.1) is 11.1 Å². The topological polar surface area (TPSA) is 91.3 Å². The molecule has 0 saturated heterocycles. The minimum Gasteiger partial charge on any atom is -0.480 e. The second-order valence-corrected chi connectivity index (χ2v) is 6.50. The van der Waals surface area contributed by atoms with Crippen LogP contribution in [-0.4, -0.2) is 34.1 Å². The maximum atomic E-state index is 12.6. The minimum atomic E-state index is -0.910. The largest absolute Gasteiger partial charge is 0.480 e. The van der Waals surface area contributed by atoms with Crippen molar-refractivity contribution >= 4 is 28.6 Å². The Morgan fingerprint density at radius 1 is 1.32 bits per heavy atom. The summed E-state index contributed by atoms with van der Waals surface area (Å²) in [7, 11) is 0. The van der Waals surface area contributed by atoms with Gasteiger partial charge in [0.25, 0.3) is 5.91 Å². The number of carboxylic acid groups (broad SMARTS) is 1. The summed E-state index contributed by atoms with van der Waals surface area (Å²) in [5, 5.41) is 16.1. The van der Waals surface area contributed by atoms with E-state index in [2.05, 4.69) is 15.6 Å². The SMILES string of the molecule is CCCC[C@H](Nc1cc(C(=O)NC2CC2)c2ccccc2n1)C(=O)O. The van der Waals surface area contributed by atoms with Crippen molar-refractivity contribution < 1.29 is 14.7 Å². The van der Waals surface area contributed by atoms with E-state index in [0.717, 1.165) is 31.1 Å². The Balaban J connectivity index is 1.92. The molecule has 0 aliphatic heterocycles. The van der Waals surface area contributed by atoms with Gasteiger partial charge < -0.3 is 15.7 Å². The normalized spacial score (nSPS) is 14.9. The summed E-state index contributed by atoms with van der Waals surface area (Å²) in [5.74, 6) is -0.625. The molecule has 6 heteroatoms. The third-order valence-electron chi connectivity index (χ3n) is 4.34. The van der Waals surface area contributed by atoms with Gasteiger partial charge in [0.1, 0.15) is 11.9 Å². The predicted molar refractivity (Wildman–Crippen MR) is 96.8 cm³/mol. The third kappa shape index (κ3) is 4.26. The number of unbranched alkanes of at least 4 members (excludes halogenated alkanes) is 1. The molecule has 0 unspecified atom stereocenters. The molecule has 1 aliphatic rings. The van der Waals surface area contributed by atoms with Crippen LogP contribution in [0.25, 0.3) is 10.9 Å². The van der Waals surface area contributed by atoms with Crippen LogP contribution in [0.1, 0.15) is 49.4 Å². The number of benzene rings is 1.